The molecule has 0 aromatic heterocycles. The van der Waals surface area contributed by atoms with Crippen LogP contribution in [0.2, 0.25) is 0 Å². The third-order valence-corrected chi connectivity index (χ3v) is 1.82. The molecule has 0 fully saturated rings. The molecule has 4 N–H and O–H groups in total. The summed E-state index contributed by atoms with van der Waals surface area (Å²) in [5, 5.41) is 16.8. The SMILES string of the molecule is NC(CCOCCCCC(=O)O)C(=O)O. The zero-order valence-electron chi connectivity index (χ0n) is 8.52. The summed E-state index contributed by atoms with van der Waals surface area (Å²) in [6, 6.07) is -0.885. The summed E-state index contributed by atoms with van der Waals surface area (Å²) in [6.45, 7) is 0.736. The lowest BCUT2D eigenvalue weighted by Crippen LogP contribution is -2.31. The van der Waals surface area contributed by atoms with Crippen molar-refractivity contribution in [3.8, 4) is 0 Å². The van der Waals surface area contributed by atoms with Crippen LogP contribution in [0.15, 0.2) is 0 Å². The largest absolute Gasteiger partial charge is 0.481 e. The van der Waals surface area contributed by atoms with Crippen LogP contribution in [0.5, 0.6) is 0 Å². The highest BCUT2D eigenvalue weighted by Crippen LogP contribution is 1.97. The number of ether oxygens (including phenoxy) is 1. The Bertz CT molecular complexity index is 207. The number of carboxylic acid groups (broad SMARTS) is 2. The molecule has 0 saturated carbocycles. The van der Waals surface area contributed by atoms with Gasteiger partial charge in [-0.05, 0) is 19.3 Å². The lowest BCUT2D eigenvalue weighted by molar-refractivity contribution is -0.139. The molecule has 0 spiro atoms. The van der Waals surface area contributed by atoms with Crippen LogP contribution >= 0.6 is 0 Å². The molecule has 0 saturated heterocycles. The van der Waals surface area contributed by atoms with E-state index in [0.29, 0.717) is 26.1 Å². The molecule has 0 radical (unpaired) electrons. The van der Waals surface area contributed by atoms with Crippen LogP contribution < -0.4 is 5.73 Å². The molecule has 6 nitrogen and oxygen atoms in total. The number of aliphatic carboxylic acids is 2. The number of rotatable bonds is 9. The molecule has 88 valence electrons. The fourth-order valence-electron chi connectivity index (χ4n) is 0.916. The second kappa shape index (κ2) is 8.19. The quantitative estimate of drug-likeness (QED) is 0.473. The summed E-state index contributed by atoms with van der Waals surface area (Å²) in [4.78, 5) is 20.4. The van der Waals surface area contributed by atoms with Crippen molar-refractivity contribution in [2.24, 2.45) is 5.73 Å². The van der Waals surface area contributed by atoms with Gasteiger partial charge in [-0.3, -0.25) is 9.59 Å². The minimum Gasteiger partial charge on any atom is -0.481 e. The van der Waals surface area contributed by atoms with Crippen molar-refractivity contribution in [3.63, 3.8) is 0 Å². The fraction of sp³-hybridized carbons (Fsp3) is 0.778. The summed E-state index contributed by atoms with van der Waals surface area (Å²) in [5.41, 5.74) is 5.24. The molecule has 0 bridgehead atoms. The summed E-state index contributed by atoms with van der Waals surface area (Å²) in [5.74, 6) is -1.85. The van der Waals surface area contributed by atoms with Crippen LogP contribution in [0.3, 0.4) is 0 Å². The third-order valence-electron chi connectivity index (χ3n) is 1.82. The first-order chi connectivity index (χ1) is 7.04. The van der Waals surface area contributed by atoms with Crippen molar-refractivity contribution >= 4 is 11.9 Å². The van der Waals surface area contributed by atoms with Crippen molar-refractivity contribution < 1.29 is 24.5 Å². The van der Waals surface area contributed by atoms with Crippen LogP contribution in [0.25, 0.3) is 0 Å². The zero-order valence-corrected chi connectivity index (χ0v) is 8.52. The number of unbranched alkanes of at least 4 members (excludes halogenated alkanes) is 1. The van der Waals surface area contributed by atoms with Gasteiger partial charge in [0.05, 0.1) is 0 Å². The monoisotopic (exact) mass is 219 g/mol. The second-order valence-corrected chi connectivity index (χ2v) is 3.20. The Morgan fingerprint density at radius 3 is 2.40 bits per heavy atom. The molecule has 0 amide bonds. The molecule has 0 aliphatic carbocycles. The first-order valence-corrected chi connectivity index (χ1v) is 4.82. The van der Waals surface area contributed by atoms with Crippen LogP contribution in [-0.4, -0.2) is 41.4 Å². The first kappa shape index (κ1) is 13.9. The van der Waals surface area contributed by atoms with Crippen LogP contribution in [0.4, 0.5) is 0 Å². The number of hydrogen-bond donors (Lipinski definition) is 3. The van der Waals surface area contributed by atoms with Gasteiger partial charge in [-0.1, -0.05) is 0 Å². The van der Waals surface area contributed by atoms with Gasteiger partial charge >= 0.3 is 11.9 Å². The van der Waals surface area contributed by atoms with E-state index in [1.165, 1.54) is 0 Å². The predicted molar refractivity (Wildman–Crippen MR) is 52.5 cm³/mol. The number of carbonyl (C=O) groups is 2. The van der Waals surface area contributed by atoms with Crippen LogP contribution in [-0.2, 0) is 14.3 Å². The number of hydrogen-bond acceptors (Lipinski definition) is 4. The van der Waals surface area contributed by atoms with Gasteiger partial charge in [0, 0.05) is 19.6 Å². The summed E-state index contributed by atoms with van der Waals surface area (Å²) in [6.07, 6.45) is 1.64. The molecule has 1 atom stereocenters. The van der Waals surface area contributed by atoms with Crippen molar-refractivity contribution in [2.45, 2.75) is 31.7 Å². The highest BCUT2D eigenvalue weighted by atomic mass is 16.5. The second-order valence-electron chi connectivity index (χ2n) is 3.20. The number of carboxylic acids is 2. The lowest BCUT2D eigenvalue weighted by Gasteiger charge is -2.06. The molecule has 0 aromatic rings. The number of nitrogens with two attached hydrogens (primary N) is 1. The first-order valence-electron chi connectivity index (χ1n) is 4.82. The van der Waals surface area contributed by atoms with E-state index in [2.05, 4.69) is 0 Å². The Labute approximate surface area is 88.0 Å². The average Bonchev–Trinajstić information content (AvgIpc) is 2.15. The maximum atomic E-state index is 10.3. The Morgan fingerprint density at radius 1 is 1.20 bits per heavy atom. The third kappa shape index (κ3) is 9.17. The molecule has 15 heavy (non-hydrogen) atoms. The maximum absolute atomic E-state index is 10.3. The Morgan fingerprint density at radius 2 is 1.87 bits per heavy atom. The van der Waals surface area contributed by atoms with Gasteiger partial charge in [0.25, 0.3) is 0 Å². The standard InChI is InChI=1S/C9H17NO5/c10-7(9(13)14)4-6-15-5-2-1-3-8(11)12/h7H,1-6,10H2,(H,11,12)(H,13,14). The van der Waals surface area contributed by atoms with Gasteiger partial charge in [-0.2, -0.15) is 0 Å². The van der Waals surface area contributed by atoms with Crippen molar-refractivity contribution in [3.05, 3.63) is 0 Å². The van der Waals surface area contributed by atoms with Crippen LogP contribution in [0.1, 0.15) is 25.7 Å². The van der Waals surface area contributed by atoms with E-state index in [9.17, 15) is 9.59 Å². The van der Waals surface area contributed by atoms with E-state index in [1.54, 1.807) is 0 Å². The van der Waals surface area contributed by atoms with Gasteiger partial charge in [0.1, 0.15) is 6.04 Å². The summed E-state index contributed by atoms with van der Waals surface area (Å²) >= 11 is 0. The van der Waals surface area contributed by atoms with E-state index in [1.807, 2.05) is 0 Å². The van der Waals surface area contributed by atoms with Gasteiger partial charge < -0.3 is 20.7 Å². The molecule has 0 aliphatic heterocycles. The van der Waals surface area contributed by atoms with E-state index < -0.39 is 18.0 Å². The van der Waals surface area contributed by atoms with Crippen molar-refractivity contribution in [2.75, 3.05) is 13.2 Å². The van der Waals surface area contributed by atoms with Crippen molar-refractivity contribution in [1.29, 1.82) is 0 Å². The van der Waals surface area contributed by atoms with Crippen molar-refractivity contribution in [1.82, 2.24) is 0 Å². The summed E-state index contributed by atoms with van der Waals surface area (Å²) < 4.78 is 5.10. The molecule has 0 aliphatic rings. The lowest BCUT2D eigenvalue weighted by atomic mass is 10.2. The molecular weight excluding hydrogens is 202 g/mol. The molecule has 6 heteroatoms. The van der Waals surface area contributed by atoms with E-state index in [-0.39, 0.29) is 12.8 Å². The Balaban J connectivity index is 3.18. The van der Waals surface area contributed by atoms with E-state index in [0.717, 1.165) is 0 Å². The average molecular weight is 219 g/mol. The molecular formula is C9H17NO5. The minimum absolute atomic E-state index is 0.137. The van der Waals surface area contributed by atoms with Gasteiger partial charge in [-0.25, -0.2) is 0 Å². The predicted octanol–water partition coefficient (Wildman–Crippen LogP) is 0.0599. The Kier molecular flexibility index (Phi) is 7.57. The normalized spacial score (nSPS) is 12.3. The van der Waals surface area contributed by atoms with E-state index in [4.69, 9.17) is 20.7 Å². The Hall–Kier alpha value is -1.14. The smallest absolute Gasteiger partial charge is 0.320 e. The fourth-order valence-corrected chi connectivity index (χ4v) is 0.916. The maximum Gasteiger partial charge on any atom is 0.320 e. The van der Waals surface area contributed by atoms with Gasteiger partial charge in [0.15, 0.2) is 0 Å². The van der Waals surface area contributed by atoms with Gasteiger partial charge in [0.2, 0.25) is 0 Å². The van der Waals surface area contributed by atoms with Crippen LogP contribution in [0, 0.1) is 0 Å². The van der Waals surface area contributed by atoms with E-state index >= 15 is 0 Å². The zero-order chi connectivity index (χ0) is 11.7. The highest BCUT2D eigenvalue weighted by Gasteiger charge is 2.10. The van der Waals surface area contributed by atoms with Gasteiger partial charge in [-0.15, -0.1) is 0 Å². The molecule has 0 aromatic carbocycles. The minimum atomic E-state index is -1.04. The molecule has 1 unspecified atom stereocenters. The molecule has 0 heterocycles. The summed E-state index contributed by atoms with van der Waals surface area (Å²) in [7, 11) is 0. The topological polar surface area (TPSA) is 110 Å². The highest BCUT2D eigenvalue weighted by molar-refractivity contribution is 5.72. The molecule has 0 rings (SSSR count).